The van der Waals surface area contributed by atoms with E-state index in [2.05, 4.69) is 32.0 Å². The van der Waals surface area contributed by atoms with Gasteiger partial charge in [0.15, 0.2) is 0 Å². The molecule has 0 aliphatic heterocycles. The highest BCUT2D eigenvalue weighted by Crippen LogP contribution is 2.24. The summed E-state index contributed by atoms with van der Waals surface area (Å²) in [7, 11) is 0. The molecule has 0 bridgehead atoms. The monoisotopic (exact) mass is 235 g/mol. The predicted molar refractivity (Wildman–Crippen MR) is 75.1 cm³/mol. The van der Waals surface area contributed by atoms with Crippen LogP contribution < -0.4 is 0 Å². The molecule has 0 atom stereocenters. The van der Waals surface area contributed by atoms with Gasteiger partial charge in [0.2, 0.25) is 0 Å². The topological polar surface area (TPSA) is 23.8 Å². The van der Waals surface area contributed by atoms with Gasteiger partial charge in [0, 0.05) is 0 Å². The third kappa shape index (κ3) is 2.78. The Morgan fingerprint density at radius 1 is 1.06 bits per heavy atom. The molecule has 0 aliphatic rings. The minimum atomic E-state index is 0.610. The summed E-state index contributed by atoms with van der Waals surface area (Å²) >= 11 is 0. The molecule has 0 fully saturated rings. The summed E-state index contributed by atoms with van der Waals surface area (Å²) in [5.74, 6) is 0.610. The van der Waals surface area contributed by atoms with Crippen LogP contribution in [0.2, 0.25) is 0 Å². The van der Waals surface area contributed by atoms with Crippen LogP contribution in [0, 0.1) is 17.2 Å². The summed E-state index contributed by atoms with van der Waals surface area (Å²) in [5.41, 5.74) is 4.12. The van der Waals surface area contributed by atoms with Gasteiger partial charge in [0.05, 0.1) is 11.6 Å². The SMILES string of the molecule is CC(C)Cc1ccc(-c2ccccc2)c(C#N)c1. The summed E-state index contributed by atoms with van der Waals surface area (Å²) in [4.78, 5) is 0. The zero-order valence-electron chi connectivity index (χ0n) is 10.9. The van der Waals surface area contributed by atoms with Gasteiger partial charge >= 0.3 is 0 Å². The molecule has 2 aromatic carbocycles. The second-order valence-electron chi connectivity index (χ2n) is 4.96. The quantitative estimate of drug-likeness (QED) is 0.772. The lowest BCUT2D eigenvalue weighted by molar-refractivity contribution is 0.647. The van der Waals surface area contributed by atoms with E-state index in [1.807, 2.05) is 36.4 Å². The first-order valence-electron chi connectivity index (χ1n) is 6.29. The minimum Gasteiger partial charge on any atom is -0.192 e. The molecule has 1 heteroatoms. The number of benzene rings is 2. The van der Waals surface area contributed by atoms with Crippen molar-refractivity contribution in [2.75, 3.05) is 0 Å². The Labute approximate surface area is 109 Å². The summed E-state index contributed by atoms with van der Waals surface area (Å²) in [6.07, 6.45) is 1.02. The van der Waals surface area contributed by atoms with Gasteiger partial charge in [-0.15, -0.1) is 0 Å². The molecular weight excluding hydrogens is 218 g/mol. The molecule has 0 aromatic heterocycles. The summed E-state index contributed by atoms with van der Waals surface area (Å²) < 4.78 is 0. The van der Waals surface area contributed by atoms with E-state index in [-0.39, 0.29) is 0 Å². The Hall–Kier alpha value is -2.07. The third-order valence-corrected chi connectivity index (χ3v) is 2.93. The fourth-order valence-corrected chi connectivity index (χ4v) is 2.15. The number of rotatable bonds is 3. The highest BCUT2D eigenvalue weighted by Gasteiger charge is 2.06. The van der Waals surface area contributed by atoms with Crippen LogP contribution >= 0.6 is 0 Å². The van der Waals surface area contributed by atoms with Crippen molar-refractivity contribution in [3.63, 3.8) is 0 Å². The second-order valence-corrected chi connectivity index (χ2v) is 4.96. The average molecular weight is 235 g/mol. The van der Waals surface area contributed by atoms with Crippen molar-refractivity contribution in [2.45, 2.75) is 20.3 Å². The fourth-order valence-electron chi connectivity index (χ4n) is 2.15. The molecule has 0 N–H and O–H groups in total. The number of nitriles is 1. The predicted octanol–water partition coefficient (Wildman–Crippen LogP) is 4.42. The Kier molecular flexibility index (Phi) is 3.79. The van der Waals surface area contributed by atoms with Gasteiger partial charge in [-0.3, -0.25) is 0 Å². The van der Waals surface area contributed by atoms with Crippen molar-refractivity contribution < 1.29 is 0 Å². The Morgan fingerprint density at radius 2 is 1.78 bits per heavy atom. The molecule has 2 rings (SSSR count). The van der Waals surface area contributed by atoms with Crippen LogP contribution in [0.1, 0.15) is 25.0 Å². The van der Waals surface area contributed by atoms with Crippen LogP contribution in [-0.4, -0.2) is 0 Å². The molecule has 0 aliphatic carbocycles. The van der Waals surface area contributed by atoms with Gasteiger partial charge in [-0.05, 0) is 35.1 Å². The number of hydrogen-bond donors (Lipinski definition) is 0. The molecule has 0 radical (unpaired) electrons. The van der Waals surface area contributed by atoms with Crippen LogP contribution in [-0.2, 0) is 6.42 Å². The lowest BCUT2D eigenvalue weighted by Crippen LogP contribution is -1.95. The summed E-state index contributed by atoms with van der Waals surface area (Å²) in [6, 6.07) is 18.6. The van der Waals surface area contributed by atoms with Crippen LogP contribution in [0.4, 0.5) is 0 Å². The zero-order valence-corrected chi connectivity index (χ0v) is 10.9. The molecule has 0 spiro atoms. The number of hydrogen-bond acceptors (Lipinski definition) is 1. The number of nitrogens with zero attached hydrogens (tertiary/aromatic N) is 1. The van der Waals surface area contributed by atoms with E-state index in [1.165, 1.54) is 5.56 Å². The van der Waals surface area contributed by atoms with E-state index in [0.29, 0.717) is 5.92 Å². The first kappa shape index (κ1) is 12.4. The summed E-state index contributed by atoms with van der Waals surface area (Å²) in [6.45, 7) is 4.38. The van der Waals surface area contributed by atoms with E-state index in [1.54, 1.807) is 0 Å². The standard InChI is InChI=1S/C17H17N/c1-13(2)10-14-8-9-17(16(11-14)12-18)15-6-4-3-5-7-15/h3-9,11,13H,10H2,1-2H3. The van der Waals surface area contributed by atoms with Crippen molar-refractivity contribution in [1.29, 1.82) is 5.26 Å². The maximum Gasteiger partial charge on any atom is 0.0998 e. The molecule has 0 amide bonds. The maximum absolute atomic E-state index is 9.29. The Balaban J connectivity index is 2.42. The van der Waals surface area contributed by atoms with Crippen molar-refractivity contribution in [3.8, 4) is 17.2 Å². The average Bonchev–Trinajstić information content (AvgIpc) is 2.39. The van der Waals surface area contributed by atoms with Crippen molar-refractivity contribution in [2.24, 2.45) is 5.92 Å². The first-order chi connectivity index (χ1) is 8.70. The van der Waals surface area contributed by atoms with Crippen molar-refractivity contribution in [3.05, 3.63) is 59.7 Å². The maximum atomic E-state index is 9.29. The lowest BCUT2D eigenvalue weighted by atomic mass is 9.95. The summed E-state index contributed by atoms with van der Waals surface area (Å²) in [5, 5.41) is 9.29. The van der Waals surface area contributed by atoms with Gasteiger partial charge in [-0.1, -0.05) is 56.3 Å². The highest BCUT2D eigenvalue weighted by molar-refractivity contribution is 5.70. The largest absolute Gasteiger partial charge is 0.192 e. The molecule has 0 saturated heterocycles. The highest BCUT2D eigenvalue weighted by atomic mass is 14.2. The molecule has 0 heterocycles. The third-order valence-electron chi connectivity index (χ3n) is 2.93. The molecular formula is C17H17N. The van der Waals surface area contributed by atoms with Crippen LogP contribution in [0.15, 0.2) is 48.5 Å². The first-order valence-corrected chi connectivity index (χ1v) is 6.29. The Bertz CT molecular complexity index is 562. The van der Waals surface area contributed by atoms with Crippen molar-refractivity contribution >= 4 is 0 Å². The van der Waals surface area contributed by atoms with E-state index < -0.39 is 0 Å². The molecule has 90 valence electrons. The Morgan fingerprint density at radius 3 is 2.39 bits per heavy atom. The molecule has 0 unspecified atom stereocenters. The molecule has 18 heavy (non-hydrogen) atoms. The molecule has 2 aromatic rings. The van der Waals surface area contributed by atoms with E-state index in [9.17, 15) is 5.26 Å². The van der Waals surface area contributed by atoms with E-state index >= 15 is 0 Å². The van der Waals surface area contributed by atoms with Crippen molar-refractivity contribution in [1.82, 2.24) is 0 Å². The molecule has 0 saturated carbocycles. The van der Waals surface area contributed by atoms with Gasteiger partial charge in [0.25, 0.3) is 0 Å². The van der Waals surface area contributed by atoms with Crippen LogP contribution in [0.25, 0.3) is 11.1 Å². The smallest absolute Gasteiger partial charge is 0.0998 e. The van der Waals surface area contributed by atoms with E-state index in [4.69, 9.17) is 0 Å². The fraction of sp³-hybridized carbons (Fsp3) is 0.235. The van der Waals surface area contributed by atoms with Gasteiger partial charge < -0.3 is 0 Å². The van der Waals surface area contributed by atoms with E-state index in [0.717, 1.165) is 23.1 Å². The normalized spacial score (nSPS) is 10.3. The zero-order chi connectivity index (χ0) is 13.0. The van der Waals surface area contributed by atoms with Gasteiger partial charge in [-0.25, -0.2) is 0 Å². The van der Waals surface area contributed by atoms with Crippen LogP contribution in [0.3, 0.4) is 0 Å². The second kappa shape index (κ2) is 5.51. The van der Waals surface area contributed by atoms with Gasteiger partial charge in [0.1, 0.15) is 0 Å². The lowest BCUT2D eigenvalue weighted by Gasteiger charge is -2.09. The van der Waals surface area contributed by atoms with Crippen LogP contribution in [0.5, 0.6) is 0 Å². The van der Waals surface area contributed by atoms with Gasteiger partial charge in [-0.2, -0.15) is 5.26 Å². The minimum absolute atomic E-state index is 0.610. The molecule has 1 nitrogen and oxygen atoms in total.